The SMILES string of the molecule is CC(OC(N)=O)c1nc(-c2ccnc(N3CCCCC3)c2)no1. The molecule has 0 saturated carbocycles. The van der Waals surface area contributed by atoms with Crippen LogP contribution >= 0.6 is 0 Å². The molecule has 8 nitrogen and oxygen atoms in total. The summed E-state index contributed by atoms with van der Waals surface area (Å²) in [5, 5.41) is 3.94. The smallest absolute Gasteiger partial charge is 0.405 e. The summed E-state index contributed by atoms with van der Waals surface area (Å²) in [6.07, 6.45) is 3.80. The van der Waals surface area contributed by atoms with E-state index in [-0.39, 0.29) is 5.89 Å². The van der Waals surface area contributed by atoms with Gasteiger partial charge in [0.05, 0.1) is 0 Å². The zero-order valence-electron chi connectivity index (χ0n) is 12.9. The number of hydrogen-bond donors (Lipinski definition) is 1. The van der Waals surface area contributed by atoms with Crippen molar-refractivity contribution >= 4 is 11.9 Å². The van der Waals surface area contributed by atoms with Crippen molar-refractivity contribution in [1.82, 2.24) is 15.1 Å². The number of aromatic nitrogens is 3. The minimum Gasteiger partial charge on any atom is -0.437 e. The van der Waals surface area contributed by atoms with Crippen LogP contribution in [-0.4, -0.2) is 34.3 Å². The number of rotatable bonds is 4. The van der Waals surface area contributed by atoms with Crippen molar-refractivity contribution in [3.05, 3.63) is 24.2 Å². The lowest BCUT2D eigenvalue weighted by Crippen LogP contribution is -2.30. The molecule has 1 amide bonds. The molecule has 1 aliphatic heterocycles. The number of hydrogen-bond acceptors (Lipinski definition) is 7. The van der Waals surface area contributed by atoms with Gasteiger partial charge in [-0.25, -0.2) is 9.78 Å². The van der Waals surface area contributed by atoms with Crippen molar-refractivity contribution in [3.8, 4) is 11.4 Å². The summed E-state index contributed by atoms with van der Waals surface area (Å²) in [5.41, 5.74) is 5.79. The first-order valence-electron chi connectivity index (χ1n) is 7.64. The highest BCUT2D eigenvalue weighted by molar-refractivity contribution is 5.65. The van der Waals surface area contributed by atoms with E-state index in [1.807, 2.05) is 12.1 Å². The average Bonchev–Trinajstić information content (AvgIpc) is 3.05. The van der Waals surface area contributed by atoms with Gasteiger partial charge in [-0.2, -0.15) is 4.98 Å². The van der Waals surface area contributed by atoms with Crippen LogP contribution < -0.4 is 10.6 Å². The summed E-state index contributed by atoms with van der Waals surface area (Å²) < 4.78 is 9.97. The molecule has 0 aliphatic carbocycles. The fraction of sp³-hybridized carbons (Fsp3) is 0.467. The van der Waals surface area contributed by atoms with Gasteiger partial charge in [0.1, 0.15) is 5.82 Å². The topological polar surface area (TPSA) is 107 Å². The largest absolute Gasteiger partial charge is 0.437 e. The third kappa shape index (κ3) is 3.58. The van der Waals surface area contributed by atoms with Crippen LogP contribution in [0.4, 0.5) is 10.6 Å². The Morgan fingerprint density at radius 3 is 2.91 bits per heavy atom. The van der Waals surface area contributed by atoms with E-state index in [9.17, 15) is 4.79 Å². The number of carbonyl (C=O) groups is 1. The molecule has 2 aromatic heterocycles. The van der Waals surface area contributed by atoms with Gasteiger partial charge in [0, 0.05) is 24.8 Å². The van der Waals surface area contributed by atoms with E-state index in [1.54, 1.807) is 13.1 Å². The molecule has 3 rings (SSSR count). The lowest BCUT2D eigenvalue weighted by Gasteiger charge is -2.27. The van der Waals surface area contributed by atoms with Gasteiger partial charge in [0.15, 0.2) is 6.10 Å². The quantitative estimate of drug-likeness (QED) is 0.921. The monoisotopic (exact) mass is 317 g/mol. The Balaban J connectivity index is 1.79. The van der Waals surface area contributed by atoms with Crippen LogP contribution in [0.5, 0.6) is 0 Å². The molecular weight excluding hydrogens is 298 g/mol. The van der Waals surface area contributed by atoms with Gasteiger partial charge in [0.2, 0.25) is 5.82 Å². The minimum absolute atomic E-state index is 0.204. The third-order valence-electron chi connectivity index (χ3n) is 3.77. The maximum Gasteiger partial charge on any atom is 0.405 e. The van der Waals surface area contributed by atoms with E-state index >= 15 is 0 Å². The summed E-state index contributed by atoms with van der Waals surface area (Å²) in [7, 11) is 0. The zero-order valence-corrected chi connectivity index (χ0v) is 12.9. The molecule has 0 bridgehead atoms. The molecule has 1 aliphatic rings. The van der Waals surface area contributed by atoms with E-state index in [4.69, 9.17) is 15.0 Å². The first-order chi connectivity index (χ1) is 11.1. The van der Waals surface area contributed by atoms with E-state index < -0.39 is 12.2 Å². The summed E-state index contributed by atoms with van der Waals surface area (Å²) in [6.45, 7) is 3.64. The third-order valence-corrected chi connectivity index (χ3v) is 3.77. The number of carbonyl (C=O) groups excluding carboxylic acids is 1. The Bertz CT molecular complexity index is 681. The number of nitrogens with zero attached hydrogens (tertiary/aromatic N) is 4. The maximum absolute atomic E-state index is 10.8. The molecule has 8 heteroatoms. The number of ether oxygens (including phenoxy) is 1. The molecule has 2 N–H and O–H groups in total. The Morgan fingerprint density at radius 2 is 2.17 bits per heavy atom. The zero-order chi connectivity index (χ0) is 16.2. The highest BCUT2D eigenvalue weighted by atomic mass is 16.6. The highest BCUT2D eigenvalue weighted by Gasteiger charge is 2.19. The lowest BCUT2D eigenvalue weighted by molar-refractivity contribution is 0.0959. The molecule has 1 atom stereocenters. The Kier molecular flexibility index (Phi) is 4.40. The van der Waals surface area contributed by atoms with Gasteiger partial charge in [0.25, 0.3) is 5.89 Å². The molecule has 0 spiro atoms. The second-order valence-corrected chi connectivity index (χ2v) is 5.49. The van der Waals surface area contributed by atoms with Crippen molar-refractivity contribution in [2.75, 3.05) is 18.0 Å². The fourth-order valence-electron chi connectivity index (χ4n) is 2.60. The summed E-state index contributed by atoms with van der Waals surface area (Å²) in [6, 6.07) is 3.77. The second-order valence-electron chi connectivity index (χ2n) is 5.49. The molecule has 23 heavy (non-hydrogen) atoms. The van der Waals surface area contributed by atoms with Crippen LogP contribution in [-0.2, 0) is 4.74 Å². The van der Waals surface area contributed by atoms with Crippen molar-refractivity contribution in [3.63, 3.8) is 0 Å². The van der Waals surface area contributed by atoms with Gasteiger partial charge in [-0.05, 0) is 38.3 Å². The molecule has 0 radical (unpaired) electrons. The minimum atomic E-state index is -0.881. The molecule has 3 heterocycles. The summed E-state index contributed by atoms with van der Waals surface area (Å²) in [5.74, 6) is 1.55. The van der Waals surface area contributed by atoms with E-state index in [1.165, 1.54) is 19.3 Å². The fourth-order valence-corrected chi connectivity index (χ4v) is 2.60. The predicted molar refractivity (Wildman–Crippen MR) is 82.7 cm³/mol. The number of amides is 1. The summed E-state index contributed by atoms with van der Waals surface area (Å²) >= 11 is 0. The normalized spacial score (nSPS) is 16.1. The first kappa shape index (κ1) is 15.3. The molecule has 0 aromatic carbocycles. The van der Waals surface area contributed by atoms with Crippen LogP contribution in [0.1, 0.15) is 38.2 Å². The molecule has 122 valence electrons. The lowest BCUT2D eigenvalue weighted by atomic mass is 10.1. The van der Waals surface area contributed by atoms with E-state index in [0.717, 1.165) is 24.5 Å². The van der Waals surface area contributed by atoms with Crippen LogP contribution in [0.2, 0.25) is 0 Å². The molecule has 1 fully saturated rings. The van der Waals surface area contributed by atoms with Crippen molar-refractivity contribution in [2.45, 2.75) is 32.3 Å². The van der Waals surface area contributed by atoms with Gasteiger partial charge < -0.3 is 19.9 Å². The molecular formula is C15H19N5O3. The highest BCUT2D eigenvalue weighted by Crippen LogP contribution is 2.24. The van der Waals surface area contributed by atoms with Crippen LogP contribution in [0.25, 0.3) is 11.4 Å². The van der Waals surface area contributed by atoms with E-state index in [0.29, 0.717) is 5.82 Å². The Labute approximate surface area is 133 Å². The summed E-state index contributed by atoms with van der Waals surface area (Å²) in [4.78, 5) is 21.7. The van der Waals surface area contributed by atoms with Gasteiger partial charge >= 0.3 is 6.09 Å². The molecule has 2 aromatic rings. The molecule has 1 unspecified atom stereocenters. The number of nitrogens with two attached hydrogens (primary N) is 1. The maximum atomic E-state index is 10.8. The number of anilines is 1. The molecule has 1 saturated heterocycles. The van der Waals surface area contributed by atoms with E-state index in [2.05, 4.69) is 20.0 Å². The van der Waals surface area contributed by atoms with Crippen LogP contribution in [0.15, 0.2) is 22.9 Å². The average molecular weight is 317 g/mol. The number of primary amides is 1. The Hall–Kier alpha value is -2.64. The van der Waals surface area contributed by atoms with Gasteiger partial charge in [-0.1, -0.05) is 5.16 Å². The number of piperidine rings is 1. The van der Waals surface area contributed by atoms with Gasteiger partial charge in [-0.3, -0.25) is 0 Å². The van der Waals surface area contributed by atoms with Crippen molar-refractivity contribution in [1.29, 1.82) is 0 Å². The number of pyridine rings is 1. The van der Waals surface area contributed by atoms with Crippen LogP contribution in [0, 0.1) is 0 Å². The van der Waals surface area contributed by atoms with Crippen molar-refractivity contribution < 1.29 is 14.1 Å². The van der Waals surface area contributed by atoms with Gasteiger partial charge in [-0.15, -0.1) is 0 Å². The predicted octanol–water partition coefficient (Wildman–Crippen LogP) is 2.28. The van der Waals surface area contributed by atoms with Crippen LogP contribution in [0.3, 0.4) is 0 Å². The standard InChI is InChI=1S/C15H19N5O3/c1-10(22-15(16)21)14-18-13(19-23-14)11-5-6-17-12(9-11)20-7-3-2-4-8-20/h5-6,9-10H,2-4,7-8H2,1H3,(H2,16,21). The van der Waals surface area contributed by atoms with Crippen molar-refractivity contribution in [2.24, 2.45) is 5.73 Å². The Morgan fingerprint density at radius 1 is 1.39 bits per heavy atom. The second kappa shape index (κ2) is 6.64. The first-order valence-corrected chi connectivity index (χ1v) is 7.64.